The molecule has 2 heterocycles. The van der Waals surface area contributed by atoms with Crippen LogP contribution in [0.15, 0.2) is 51.6 Å². The van der Waals surface area contributed by atoms with Gasteiger partial charge in [0.25, 0.3) is 0 Å². The minimum absolute atomic E-state index is 0.106. The lowest BCUT2D eigenvalue weighted by Crippen LogP contribution is -2.38. The van der Waals surface area contributed by atoms with Gasteiger partial charge in [-0.2, -0.15) is 0 Å². The van der Waals surface area contributed by atoms with Crippen LogP contribution >= 0.6 is 11.8 Å². The van der Waals surface area contributed by atoms with E-state index in [1.807, 2.05) is 17.2 Å². The van der Waals surface area contributed by atoms with Gasteiger partial charge in [0, 0.05) is 19.4 Å². The van der Waals surface area contributed by atoms with Crippen molar-refractivity contribution in [3.05, 3.63) is 58.0 Å². The van der Waals surface area contributed by atoms with Crippen molar-refractivity contribution >= 4 is 28.8 Å². The van der Waals surface area contributed by atoms with E-state index >= 15 is 0 Å². The van der Waals surface area contributed by atoms with E-state index < -0.39 is 12.0 Å². The van der Waals surface area contributed by atoms with Gasteiger partial charge < -0.3 is 19.7 Å². The van der Waals surface area contributed by atoms with Crippen LogP contribution in [0.5, 0.6) is 0 Å². The molecule has 1 amide bonds. The maximum absolute atomic E-state index is 13.6. The van der Waals surface area contributed by atoms with E-state index in [0.29, 0.717) is 34.2 Å². The van der Waals surface area contributed by atoms with Gasteiger partial charge in [-0.1, -0.05) is 23.9 Å². The SMILES string of the molecule is CCNC(=O)CC1=CSC2=NC(C)=C(C(=O)OCCOC)C(c3ccc(F)cc3)N12. The second kappa shape index (κ2) is 9.90. The molecule has 1 unspecified atom stereocenters. The molecule has 0 bridgehead atoms. The van der Waals surface area contributed by atoms with Gasteiger partial charge in [-0.05, 0) is 37.0 Å². The lowest BCUT2D eigenvalue weighted by atomic mass is 9.94. The monoisotopic (exact) mass is 433 g/mol. The second-order valence-corrected chi connectivity index (χ2v) is 7.54. The van der Waals surface area contributed by atoms with Gasteiger partial charge >= 0.3 is 5.97 Å². The van der Waals surface area contributed by atoms with Crippen molar-refractivity contribution in [1.82, 2.24) is 10.2 Å². The third kappa shape index (κ3) is 4.73. The van der Waals surface area contributed by atoms with Crippen LogP contribution < -0.4 is 5.32 Å². The number of carbonyl (C=O) groups excluding carboxylic acids is 2. The summed E-state index contributed by atoms with van der Waals surface area (Å²) >= 11 is 1.39. The molecule has 9 heteroatoms. The number of aliphatic imine (C=N–C) groups is 1. The van der Waals surface area contributed by atoms with E-state index in [-0.39, 0.29) is 31.4 Å². The largest absolute Gasteiger partial charge is 0.460 e. The van der Waals surface area contributed by atoms with E-state index in [0.717, 1.165) is 0 Å². The Morgan fingerprint density at radius 1 is 1.27 bits per heavy atom. The highest BCUT2D eigenvalue weighted by Gasteiger charge is 2.41. The van der Waals surface area contributed by atoms with E-state index in [4.69, 9.17) is 9.47 Å². The summed E-state index contributed by atoms with van der Waals surface area (Å²) in [7, 11) is 1.52. The van der Waals surface area contributed by atoms with Gasteiger partial charge in [0.05, 0.1) is 30.3 Å². The molecule has 0 saturated heterocycles. The average Bonchev–Trinajstić information content (AvgIpc) is 3.10. The molecule has 30 heavy (non-hydrogen) atoms. The number of hydrogen-bond acceptors (Lipinski definition) is 7. The van der Waals surface area contributed by atoms with E-state index in [1.54, 1.807) is 19.1 Å². The zero-order valence-corrected chi connectivity index (χ0v) is 17.9. The molecule has 0 fully saturated rings. The Hall–Kier alpha value is -2.65. The van der Waals surface area contributed by atoms with Crippen molar-refractivity contribution in [3.63, 3.8) is 0 Å². The summed E-state index contributed by atoms with van der Waals surface area (Å²) in [6.07, 6.45) is 0.141. The highest BCUT2D eigenvalue weighted by molar-refractivity contribution is 8.16. The van der Waals surface area contributed by atoms with Crippen LogP contribution in [0.2, 0.25) is 0 Å². The molecular weight excluding hydrogens is 409 g/mol. The van der Waals surface area contributed by atoms with E-state index in [2.05, 4.69) is 10.3 Å². The fourth-order valence-electron chi connectivity index (χ4n) is 3.31. The smallest absolute Gasteiger partial charge is 0.338 e. The third-order valence-corrected chi connectivity index (χ3v) is 5.53. The molecule has 0 saturated carbocycles. The van der Waals surface area contributed by atoms with Crippen LogP contribution in [0, 0.1) is 5.82 Å². The molecule has 2 aliphatic rings. The normalized spacial score (nSPS) is 18.0. The van der Waals surface area contributed by atoms with Crippen LogP contribution in [0.4, 0.5) is 4.39 Å². The predicted octanol–water partition coefficient (Wildman–Crippen LogP) is 3.12. The lowest BCUT2D eigenvalue weighted by molar-refractivity contribution is -0.141. The Bertz CT molecular complexity index is 911. The van der Waals surface area contributed by atoms with Crippen LogP contribution in [0.25, 0.3) is 0 Å². The summed E-state index contributed by atoms with van der Waals surface area (Å²) in [6, 6.07) is 5.38. The number of esters is 1. The minimum Gasteiger partial charge on any atom is -0.460 e. The number of amides is 1. The summed E-state index contributed by atoms with van der Waals surface area (Å²) < 4.78 is 23.9. The Kier molecular flexibility index (Phi) is 7.28. The number of halogens is 1. The number of benzene rings is 1. The molecule has 160 valence electrons. The van der Waals surface area contributed by atoms with Gasteiger partial charge in [-0.3, -0.25) is 4.79 Å². The van der Waals surface area contributed by atoms with E-state index in [9.17, 15) is 14.0 Å². The average molecular weight is 434 g/mol. The number of methoxy groups -OCH3 is 1. The zero-order chi connectivity index (χ0) is 21.7. The van der Waals surface area contributed by atoms with Crippen molar-refractivity contribution in [2.24, 2.45) is 4.99 Å². The highest BCUT2D eigenvalue weighted by Crippen LogP contribution is 2.44. The standard InChI is InChI=1S/C21H24FN3O4S/c1-4-23-17(26)11-16-12-30-21-24-13(2)18(20(27)29-10-9-28-3)19(25(16)21)14-5-7-15(22)8-6-14/h5-8,12,19H,4,9-11H2,1-3H3,(H,23,26). The number of nitrogens with one attached hydrogen (secondary N) is 1. The fourth-order valence-corrected chi connectivity index (χ4v) is 4.28. The van der Waals surface area contributed by atoms with Crippen molar-refractivity contribution < 1.29 is 23.5 Å². The molecule has 1 aromatic carbocycles. The van der Waals surface area contributed by atoms with Crippen molar-refractivity contribution in [2.75, 3.05) is 26.9 Å². The maximum atomic E-state index is 13.6. The van der Waals surface area contributed by atoms with Gasteiger partial charge in [-0.15, -0.1) is 0 Å². The Morgan fingerprint density at radius 3 is 2.67 bits per heavy atom. The second-order valence-electron chi connectivity index (χ2n) is 6.70. The number of nitrogens with zero attached hydrogens (tertiary/aromatic N) is 2. The molecule has 1 aromatic rings. The highest BCUT2D eigenvalue weighted by atomic mass is 32.2. The first-order valence-electron chi connectivity index (χ1n) is 9.58. The number of ether oxygens (including phenoxy) is 2. The molecule has 0 spiro atoms. The van der Waals surface area contributed by atoms with Crippen molar-refractivity contribution in [2.45, 2.75) is 26.3 Å². The van der Waals surface area contributed by atoms with Crippen molar-refractivity contribution in [1.29, 1.82) is 0 Å². The van der Waals surface area contributed by atoms with Crippen LogP contribution in [0.1, 0.15) is 31.9 Å². The molecule has 0 aromatic heterocycles. The number of hydrogen-bond donors (Lipinski definition) is 1. The number of fused-ring (bicyclic) bond motifs is 1. The summed E-state index contributed by atoms with van der Waals surface area (Å²) in [6.45, 7) is 4.50. The number of carbonyl (C=O) groups is 2. The predicted molar refractivity (Wildman–Crippen MR) is 113 cm³/mol. The van der Waals surface area contributed by atoms with Crippen molar-refractivity contribution in [3.8, 4) is 0 Å². The summed E-state index contributed by atoms with van der Waals surface area (Å²) in [5, 5.41) is 5.30. The summed E-state index contributed by atoms with van der Waals surface area (Å²) in [5.74, 6) is -1.02. The number of thioether (sulfide) groups is 1. The number of allylic oxidation sites excluding steroid dienone is 1. The number of amidine groups is 1. The van der Waals surface area contributed by atoms with Gasteiger partial charge in [0.2, 0.25) is 5.91 Å². The Balaban J connectivity index is 1.99. The first-order valence-corrected chi connectivity index (χ1v) is 10.5. The summed E-state index contributed by atoms with van der Waals surface area (Å²) in [5.41, 5.74) is 2.30. The molecule has 0 radical (unpaired) electrons. The molecule has 1 N–H and O–H groups in total. The Labute approximate surface area is 179 Å². The minimum atomic E-state index is -0.580. The van der Waals surface area contributed by atoms with E-state index in [1.165, 1.54) is 31.0 Å². The summed E-state index contributed by atoms with van der Waals surface area (Å²) in [4.78, 5) is 31.6. The van der Waals surface area contributed by atoms with Crippen LogP contribution in [-0.2, 0) is 19.1 Å². The van der Waals surface area contributed by atoms with Gasteiger partial charge in [-0.25, -0.2) is 14.2 Å². The fraction of sp³-hybridized carbons (Fsp3) is 0.381. The number of rotatable bonds is 8. The molecule has 0 aliphatic carbocycles. The Morgan fingerprint density at radius 2 is 2.00 bits per heavy atom. The maximum Gasteiger partial charge on any atom is 0.338 e. The third-order valence-electron chi connectivity index (χ3n) is 4.64. The molecule has 3 rings (SSSR count). The first-order chi connectivity index (χ1) is 14.5. The first kappa shape index (κ1) is 22.0. The molecule has 2 aliphatic heterocycles. The van der Waals surface area contributed by atoms with Crippen LogP contribution in [0.3, 0.4) is 0 Å². The molecular formula is C21H24FN3O4S. The molecule has 7 nitrogen and oxygen atoms in total. The van der Waals surface area contributed by atoms with Gasteiger partial charge in [0.1, 0.15) is 12.4 Å². The lowest BCUT2D eigenvalue weighted by Gasteiger charge is -2.36. The zero-order valence-electron chi connectivity index (χ0n) is 17.1. The topological polar surface area (TPSA) is 80.2 Å². The van der Waals surface area contributed by atoms with Gasteiger partial charge in [0.15, 0.2) is 5.17 Å². The quantitative estimate of drug-likeness (QED) is 0.501. The molecule has 1 atom stereocenters. The van der Waals surface area contributed by atoms with Crippen LogP contribution in [-0.4, -0.2) is 48.8 Å².